The summed E-state index contributed by atoms with van der Waals surface area (Å²) in [4.78, 5) is 14.4. The van der Waals surface area contributed by atoms with Crippen LogP contribution < -0.4 is 5.32 Å². The fourth-order valence-corrected chi connectivity index (χ4v) is 3.74. The van der Waals surface area contributed by atoms with Gasteiger partial charge in [-0.25, -0.2) is 0 Å². The van der Waals surface area contributed by atoms with Crippen LogP contribution in [0.2, 0.25) is 10.0 Å². The van der Waals surface area contributed by atoms with Crippen molar-refractivity contribution in [2.45, 2.75) is 43.9 Å². The number of benzene rings is 1. The summed E-state index contributed by atoms with van der Waals surface area (Å²) < 4.78 is 0. The van der Waals surface area contributed by atoms with Crippen molar-refractivity contribution >= 4 is 34.8 Å². The Morgan fingerprint density at radius 2 is 1.90 bits per heavy atom. The zero-order chi connectivity index (χ0) is 15.0. The van der Waals surface area contributed by atoms with E-state index in [1.54, 1.807) is 18.2 Å². The molecule has 2 bridgehead atoms. The highest BCUT2D eigenvalue weighted by Gasteiger charge is 2.40. The van der Waals surface area contributed by atoms with Gasteiger partial charge in [-0.15, -0.1) is 0 Å². The first-order chi connectivity index (χ1) is 10.0. The molecule has 0 radical (unpaired) electrons. The SMILES string of the molecule is O=C(CN1C2CCC1CC(O)C2)Nc1ccc(Cl)c(Cl)c1. The summed E-state index contributed by atoms with van der Waals surface area (Å²) in [7, 11) is 0. The van der Waals surface area contributed by atoms with Gasteiger partial charge in [0.25, 0.3) is 0 Å². The Kier molecular flexibility index (Phi) is 4.41. The summed E-state index contributed by atoms with van der Waals surface area (Å²) in [5.41, 5.74) is 0.652. The maximum absolute atomic E-state index is 12.2. The highest BCUT2D eigenvalue weighted by Crippen LogP contribution is 2.35. The number of halogens is 2. The minimum atomic E-state index is -0.211. The number of hydrogen-bond acceptors (Lipinski definition) is 3. The number of piperidine rings is 1. The Morgan fingerprint density at radius 3 is 2.52 bits per heavy atom. The molecule has 0 spiro atoms. The van der Waals surface area contributed by atoms with E-state index in [-0.39, 0.29) is 12.0 Å². The Morgan fingerprint density at radius 1 is 1.24 bits per heavy atom. The van der Waals surface area contributed by atoms with E-state index in [4.69, 9.17) is 23.2 Å². The summed E-state index contributed by atoms with van der Waals surface area (Å²) in [6.07, 6.45) is 3.48. The molecule has 3 rings (SSSR count). The molecule has 0 saturated carbocycles. The Labute approximate surface area is 134 Å². The van der Waals surface area contributed by atoms with Crippen LogP contribution in [0, 0.1) is 0 Å². The van der Waals surface area contributed by atoms with Crippen LogP contribution in [0.25, 0.3) is 0 Å². The first-order valence-electron chi connectivity index (χ1n) is 7.21. The van der Waals surface area contributed by atoms with E-state index in [0.29, 0.717) is 34.4 Å². The number of carbonyl (C=O) groups is 1. The predicted octanol–water partition coefficient (Wildman–Crippen LogP) is 2.92. The third-order valence-corrected chi connectivity index (χ3v) is 5.13. The van der Waals surface area contributed by atoms with Gasteiger partial charge in [0, 0.05) is 17.8 Å². The van der Waals surface area contributed by atoms with Crippen LogP contribution in [-0.4, -0.2) is 40.6 Å². The van der Waals surface area contributed by atoms with Gasteiger partial charge >= 0.3 is 0 Å². The van der Waals surface area contributed by atoms with Gasteiger partial charge in [0.15, 0.2) is 0 Å². The molecule has 4 nitrogen and oxygen atoms in total. The molecule has 2 aliphatic rings. The van der Waals surface area contributed by atoms with Gasteiger partial charge in [-0.1, -0.05) is 23.2 Å². The summed E-state index contributed by atoms with van der Waals surface area (Å²) in [6.45, 7) is 0.363. The topological polar surface area (TPSA) is 52.6 Å². The lowest BCUT2D eigenvalue weighted by Gasteiger charge is -2.36. The summed E-state index contributed by atoms with van der Waals surface area (Å²) in [6, 6.07) is 5.72. The molecule has 2 saturated heterocycles. The zero-order valence-electron chi connectivity index (χ0n) is 11.6. The molecule has 2 atom stereocenters. The van der Waals surface area contributed by atoms with E-state index in [1.807, 2.05) is 0 Å². The number of amides is 1. The molecule has 21 heavy (non-hydrogen) atoms. The highest BCUT2D eigenvalue weighted by atomic mass is 35.5. The molecule has 0 aromatic heterocycles. The number of rotatable bonds is 3. The second-order valence-electron chi connectivity index (χ2n) is 5.86. The molecular weight excluding hydrogens is 311 g/mol. The summed E-state index contributed by atoms with van der Waals surface area (Å²) in [5.74, 6) is -0.0540. The van der Waals surface area contributed by atoms with Crippen LogP contribution in [0.1, 0.15) is 25.7 Å². The molecule has 114 valence electrons. The average Bonchev–Trinajstić information content (AvgIpc) is 2.67. The van der Waals surface area contributed by atoms with Crippen LogP contribution in [0.3, 0.4) is 0 Å². The lowest BCUT2D eigenvalue weighted by Crippen LogP contribution is -2.47. The largest absolute Gasteiger partial charge is 0.393 e. The van der Waals surface area contributed by atoms with Gasteiger partial charge in [-0.2, -0.15) is 0 Å². The fourth-order valence-electron chi connectivity index (χ4n) is 3.44. The maximum Gasteiger partial charge on any atom is 0.238 e. The van der Waals surface area contributed by atoms with E-state index in [0.717, 1.165) is 25.7 Å². The quantitative estimate of drug-likeness (QED) is 0.896. The summed E-state index contributed by atoms with van der Waals surface area (Å²) in [5, 5.41) is 13.5. The van der Waals surface area contributed by atoms with Crippen LogP contribution in [0.4, 0.5) is 5.69 Å². The fraction of sp³-hybridized carbons (Fsp3) is 0.533. The molecule has 2 heterocycles. The lowest BCUT2D eigenvalue weighted by atomic mass is 10.00. The van der Waals surface area contributed by atoms with Crippen molar-refractivity contribution in [2.24, 2.45) is 0 Å². The second kappa shape index (κ2) is 6.13. The zero-order valence-corrected chi connectivity index (χ0v) is 13.1. The van der Waals surface area contributed by atoms with Gasteiger partial charge in [0.05, 0.1) is 22.7 Å². The minimum Gasteiger partial charge on any atom is -0.393 e. The first kappa shape index (κ1) is 15.1. The number of hydrogen-bond donors (Lipinski definition) is 2. The van der Waals surface area contributed by atoms with Crippen LogP contribution in [0.15, 0.2) is 18.2 Å². The number of nitrogens with zero attached hydrogens (tertiary/aromatic N) is 1. The molecule has 2 unspecified atom stereocenters. The van der Waals surface area contributed by atoms with E-state index in [9.17, 15) is 9.90 Å². The monoisotopic (exact) mass is 328 g/mol. The van der Waals surface area contributed by atoms with Gasteiger partial charge in [-0.05, 0) is 43.9 Å². The first-order valence-corrected chi connectivity index (χ1v) is 7.97. The van der Waals surface area contributed by atoms with Crippen molar-refractivity contribution in [2.75, 3.05) is 11.9 Å². The van der Waals surface area contributed by atoms with Gasteiger partial charge in [0.2, 0.25) is 5.91 Å². The van der Waals surface area contributed by atoms with Crippen LogP contribution >= 0.6 is 23.2 Å². The van der Waals surface area contributed by atoms with E-state index in [1.165, 1.54) is 0 Å². The van der Waals surface area contributed by atoms with Crippen molar-refractivity contribution in [3.63, 3.8) is 0 Å². The third-order valence-electron chi connectivity index (χ3n) is 4.39. The number of carbonyl (C=O) groups excluding carboxylic acids is 1. The van der Waals surface area contributed by atoms with E-state index < -0.39 is 0 Å². The number of aliphatic hydroxyl groups excluding tert-OH is 1. The van der Waals surface area contributed by atoms with Crippen LogP contribution in [-0.2, 0) is 4.79 Å². The molecule has 2 aliphatic heterocycles. The van der Waals surface area contributed by atoms with Gasteiger partial charge in [-0.3, -0.25) is 9.69 Å². The molecule has 6 heteroatoms. The molecular formula is C15H18Cl2N2O2. The molecule has 1 aromatic rings. The second-order valence-corrected chi connectivity index (χ2v) is 6.67. The normalized spacial score (nSPS) is 28.6. The standard InChI is InChI=1S/C15H18Cl2N2O2/c16-13-4-1-9(5-14(13)17)18-15(21)8-19-10-2-3-11(19)7-12(20)6-10/h1,4-5,10-12,20H,2-3,6-8H2,(H,18,21). The lowest BCUT2D eigenvalue weighted by molar-refractivity contribution is -0.119. The number of aliphatic hydroxyl groups is 1. The minimum absolute atomic E-state index is 0.0540. The number of fused-ring (bicyclic) bond motifs is 2. The Hall–Kier alpha value is -0.810. The van der Waals surface area contributed by atoms with Crippen molar-refractivity contribution in [1.29, 1.82) is 0 Å². The average molecular weight is 329 g/mol. The van der Waals surface area contributed by atoms with E-state index >= 15 is 0 Å². The smallest absolute Gasteiger partial charge is 0.238 e. The third kappa shape index (κ3) is 3.34. The maximum atomic E-state index is 12.2. The molecule has 2 fully saturated rings. The number of anilines is 1. The van der Waals surface area contributed by atoms with Crippen molar-refractivity contribution in [1.82, 2.24) is 4.90 Å². The Bertz CT molecular complexity index is 538. The predicted molar refractivity (Wildman–Crippen MR) is 83.8 cm³/mol. The number of nitrogens with one attached hydrogen (secondary N) is 1. The van der Waals surface area contributed by atoms with Crippen molar-refractivity contribution < 1.29 is 9.90 Å². The highest BCUT2D eigenvalue weighted by molar-refractivity contribution is 6.42. The van der Waals surface area contributed by atoms with Crippen LogP contribution in [0.5, 0.6) is 0 Å². The van der Waals surface area contributed by atoms with Crippen molar-refractivity contribution in [3.8, 4) is 0 Å². The summed E-state index contributed by atoms with van der Waals surface area (Å²) >= 11 is 11.8. The van der Waals surface area contributed by atoms with Crippen molar-refractivity contribution in [3.05, 3.63) is 28.2 Å². The molecule has 1 aromatic carbocycles. The molecule has 0 aliphatic carbocycles. The van der Waals surface area contributed by atoms with Gasteiger partial charge in [0.1, 0.15) is 0 Å². The Balaban J connectivity index is 1.60. The van der Waals surface area contributed by atoms with Gasteiger partial charge < -0.3 is 10.4 Å². The molecule has 1 amide bonds. The molecule has 2 N–H and O–H groups in total. The van der Waals surface area contributed by atoms with E-state index in [2.05, 4.69) is 10.2 Å².